The number of unbranched alkanes of at least 4 members (excludes halogenated alkanes) is 3. The molecule has 1 N–H and O–H groups in total. The van der Waals surface area contributed by atoms with E-state index in [1.54, 1.807) is 0 Å². The van der Waals surface area contributed by atoms with Crippen LogP contribution in [-0.2, 0) is 19.4 Å². The maximum absolute atomic E-state index is 4.55. The van der Waals surface area contributed by atoms with Crippen molar-refractivity contribution >= 4 is 0 Å². The molecule has 0 radical (unpaired) electrons. The van der Waals surface area contributed by atoms with Crippen molar-refractivity contribution in [3.63, 3.8) is 0 Å². The molecule has 0 aliphatic heterocycles. The van der Waals surface area contributed by atoms with Gasteiger partial charge in [0.1, 0.15) is 5.82 Å². The van der Waals surface area contributed by atoms with Crippen LogP contribution in [0.4, 0.5) is 0 Å². The van der Waals surface area contributed by atoms with Crippen molar-refractivity contribution in [3.8, 4) is 0 Å². The third-order valence-electron chi connectivity index (χ3n) is 3.32. The second-order valence-corrected chi connectivity index (χ2v) is 5.04. The van der Waals surface area contributed by atoms with Crippen molar-refractivity contribution in [2.24, 2.45) is 0 Å². The predicted molar refractivity (Wildman–Crippen MR) is 80.4 cm³/mol. The first-order valence-corrected chi connectivity index (χ1v) is 7.95. The average Bonchev–Trinajstić information content (AvgIpc) is 2.84. The van der Waals surface area contributed by atoms with E-state index >= 15 is 0 Å². The summed E-state index contributed by atoms with van der Waals surface area (Å²) < 4.78 is 2.11. The molecule has 1 heterocycles. The van der Waals surface area contributed by atoms with Gasteiger partial charge in [-0.3, -0.25) is 0 Å². The van der Waals surface area contributed by atoms with Crippen LogP contribution in [0.2, 0.25) is 0 Å². The van der Waals surface area contributed by atoms with Crippen LogP contribution in [0.15, 0.2) is 0 Å². The van der Waals surface area contributed by atoms with Gasteiger partial charge in [-0.2, -0.15) is 5.10 Å². The van der Waals surface area contributed by atoms with Crippen LogP contribution >= 0.6 is 0 Å². The van der Waals surface area contributed by atoms with Gasteiger partial charge < -0.3 is 5.32 Å². The molecule has 4 nitrogen and oxygen atoms in total. The Hall–Kier alpha value is -0.900. The van der Waals surface area contributed by atoms with Gasteiger partial charge in [-0.15, -0.1) is 0 Å². The van der Waals surface area contributed by atoms with Crippen LogP contribution in [0, 0.1) is 0 Å². The first-order chi connectivity index (χ1) is 9.31. The molecule has 110 valence electrons. The highest BCUT2D eigenvalue weighted by Crippen LogP contribution is 2.05. The Bertz CT molecular complexity index is 333. The van der Waals surface area contributed by atoms with Crippen molar-refractivity contribution in [2.45, 2.75) is 72.3 Å². The maximum Gasteiger partial charge on any atom is 0.150 e. The minimum absolute atomic E-state index is 0.934. The minimum Gasteiger partial charge on any atom is -0.317 e. The lowest BCUT2D eigenvalue weighted by molar-refractivity contribution is 0.509. The van der Waals surface area contributed by atoms with Crippen LogP contribution in [0.25, 0.3) is 0 Å². The molecule has 0 bridgehead atoms. The topological polar surface area (TPSA) is 42.7 Å². The molecular formula is C15H30N4. The van der Waals surface area contributed by atoms with E-state index < -0.39 is 0 Å². The third kappa shape index (κ3) is 6.19. The van der Waals surface area contributed by atoms with Gasteiger partial charge in [0, 0.05) is 19.4 Å². The number of hydrogen-bond donors (Lipinski definition) is 1. The summed E-state index contributed by atoms with van der Waals surface area (Å²) in [6.07, 6.45) is 8.25. The standard InChI is InChI=1S/C15H30N4/c1-4-11-16-12-9-7-8-10-13-19-15(6-3)17-14(5-2)18-19/h16H,4-13H2,1-3H3. The van der Waals surface area contributed by atoms with Crippen LogP contribution in [-0.4, -0.2) is 27.9 Å². The van der Waals surface area contributed by atoms with Crippen LogP contribution in [0.5, 0.6) is 0 Å². The number of aryl methyl sites for hydroxylation is 3. The summed E-state index contributed by atoms with van der Waals surface area (Å²) in [6.45, 7) is 9.82. The fourth-order valence-electron chi connectivity index (χ4n) is 2.18. The molecule has 0 spiro atoms. The molecule has 1 aromatic rings. The Kier molecular flexibility index (Phi) is 8.47. The van der Waals surface area contributed by atoms with Gasteiger partial charge in [0.2, 0.25) is 0 Å². The maximum atomic E-state index is 4.55. The summed E-state index contributed by atoms with van der Waals surface area (Å²) >= 11 is 0. The first kappa shape index (κ1) is 16.2. The smallest absolute Gasteiger partial charge is 0.150 e. The molecular weight excluding hydrogens is 236 g/mol. The largest absolute Gasteiger partial charge is 0.317 e. The van der Waals surface area contributed by atoms with Gasteiger partial charge >= 0.3 is 0 Å². The lowest BCUT2D eigenvalue weighted by Crippen LogP contribution is -2.15. The highest BCUT2D eigenvalue weighted by atomic mass is 15.3. The molecule has 0 fully saturated rings. The van der Waals surface area contributed by atoms with E-state index in [9.17, 15) is 0 Å². The van der Waals surface area contributed by atoms with Gasteiger partial charge in [0.15, 0.2) is 5.82 Å². The summed E-state index contributed by atoms with van der Waals surface area (Å²) in [5.41, 5.74) is 0. The molecule has 0 saturated heterocycles. The SMILES string of the molecule is CCCNCCCCCCn1nc(CC)nc1CC. The zero-order valence-electron chi connectivity index (χ0n) is 12.9. The fraction of sp³-hybridized carbons (Fsp3) is 0.867. The Balaban J connectivity index is 2.13. The van der Waals surface area contributed by atoms with Crippen molar-refractivity contribution in [3.05, 3.63) is 11.6 Å². The molecule has 19 heavy (non-hydrogen) atoms. The summed E-state index contributed by atoms with van der Waals surface area (Å²) in [5.74, 6) is 2.13. The van der Waals surface area contributed by atoms with Gasteiger partial charge in [-0.05, 0) is 32.4 Å². The summed E-state index contributed by atoms with van der Waals surface area (Å²) in [5, 5.41) is 8.00. The van der Waals surface area contributed by atoms with Crippen molar-refractivity contribution in [2.75, 3.05) is 13.1 Å². The highest BCUT2D eigenvalue weighted by Gasteiger charge is 2.06. The second-order valence-electron chi connectivity index (χ2n) is 5.04. The Morgan fingerprint density at radius 1 is 0.947 bits per heavy atom. The van der Waals surface area contributed by atoms with Crippen LogP contribution in [0.1, 0.15) is 64.5 Å². The fourth-order valence-corrected chi connectivity index (χ4v) is 2.18. The van der Waals surface area contributed by atoms with E-state index in [4.69, 9.17) is 0 Å². The molecule has 0 atom stereocenters. The normalized spacial score (nSPS) is 11.1. The third-order valence-corrected chi connectivity index (χ3v) is 3.32. The lowest BCUT2D eigenvalue weighted by Gasteiger charge is -2.05. The molecule has 1 rings (SSSR count). The zero-order chi connectivity index (χ0) is 13.9. The number of aromatic nitrogens is 3. The number of nitrogens with zero attached hydrogens (tertiary/aromatic N) is 3. The van der Waals surface area contributed by atoms with Crippen molar-refractivity contribution in [1.29, 1.82) is 0 Å². The van der Waals surface area contributed by atoms with E-state index in [0.717, 1.165) is 44.1 Å². The average molecular weight is 266 g/mol. The minimum atomic E-state index is 0.934. The van der Waals surface area contributed by atoms with Crippen molar-refractivity contribution < 1.29 is 0 Å². The van der Waals surface area contributed by atoms with Crippen LogP contribution < -0.4 is 5.32 Å². The molecule has 0 aromatic carbocycles. The number of rotatable bonds is 11. The Morgan fingerprint density at radius 3 is 2.42 bits per heavy atom. The van der Waals surface area contributed by atoms with E-state index in [1.165, 1.54) is 32.1 Å². The van der Waals surface area contributed by atoms with E-state index in [0.29, 0.717) is 0 Å². The quantitative estimate of drug-likeness (QED) is 0.626. The predicted octanol–water partition coefficient (Wildman–Crippen LogP) is 2.96. The van der Waals surface area contributed by atoms with E-state index in [-0.39, 0.29) is 0 Å². The van der Waals surface area contributed by atoms with Crippen LogP contribution in [0.3, 0.4) is 0 Å². The monoisotopic (exact) mass is 266 g/mol. The molecule has 0 amide bonds. The molecule has 0 aliphatic carbocycles. The lowest BCUT2D eigenvalue weighted by atomic mass is 10.2. The zero-order valence-corrected chi connectivity index (χ0v) is 12.9. The first-order valence-electron chi connectivity index (χ1n) is 7.95. The number of nitrogens with one attached hydrogen (secondary N) is 1. The van der Waals surface area contributed by atoms with E-state index in [1.807, 2.05) is 0 Å². The Morgan fingerprint density at radius 2 is 1.74 bits per heavy atom. The summed E-state index contributed by atoms with van der Waals surface area (Å²) in [7, 11) is 0. The Labute approximate surface area is 118 Å². The van der Waals surface area contributed by atoms with E-state index in [2.05, 4.69) is 40.9 Å². The molecule has 1 aromatic heterocycles. The summed E-state index contributed by atoms with van der Waals surface area (Å²) in [6, 6.07) is 0. The van der Waals surface area contributed by atoms with Gasteiger partial charge in [-0.25, -0.2) is 9.67 Å². The van der Waals surface area contributed by atoms with Gasteiger partial charge in [0.05, 0.1) is 0 Å². The molecule has 4 heteroatoms. The summed E-state index contributed by atoms with van der Waals surface area (Å²) in [4.78, 5) is 4.54. The molecule has 0 saturated carbocycles. The molecule has 0 aliphatic rings. The highest BCUT2D eigenvalue weighted by molar-refractivity contribution is 4.92. The molecule has 0 unspecified atom stereocenters. The van der Waals surface area contributed by atoms with Gasteiger partial charge in [0.25, 0.3) is 0 Å². The second kappa shape index (κ2) is 9.96. The van der Waals surface area contributed by atoms with Gasteiger partial charge in [-0.1, -0.05) is 33.6 Å². The van der Waals surface area contributed by atoms with Crippen molar-refractivity contribution in [1.82, 2.24) is 20.1 Å². The number of hydrogen-bond acceptors (Lipinski definition) is 3.